The van der Waals surface area contributed by atoms with Crippen LogP contribution in [0.15, 0.2) is 24.4 Å². The van der Waals surface area contributed by atoms with Gasteiger partial charge in [0.1, 0.15) is 5.69 Å². The van der Waals surface area contributed by atoms with Gasteiger partial charge in [0.15, 0.2) is 5.82 Å². The first kappa shape index (κ1) is 11.5. The zero-order valence-corrected chi connectivity index (χ0v) is 10.7. The number of hydrogen-bond donors (Lipinski definition) is 0. The molecule has 0 amide bonds. The van der Waals surface area contributed by atoms with Crippen molar-refractivity contribution in [2.45, 2.75) is 11.8 Å². The van der Waals surface area contributed by atoms with Crippen LogP contribution in [0.4, 0.5) is 4.39 Å². The van der Waals surface area contributed by atoms with E-state index in [2.05, 4.69) is 26.2 Å². The van der Waals surface area contributed by atoms with Crippen LogP contribution in [0, 0.1) is 5.82 Å². The van der Waals surface area contributed by atoms with E-state index in [-0.39, 0.29) is 9.85 Å². The number of hydrogen-bond acceptors (Lipinski definition) is 2. The van der Waals surface area contributed by atoms with Crippen molar-refractivity contribution in [1.29, 1.82) is 0 Å². The molecule has 1 aromatic heterocycles. The number of nitrogens with zero attached hydrogens (tertiary/aromatic N) is 3. The molecular weight excluding hydrogens is 296 g/mol. The van der Waals surface area contributed by atoms with E-state index in [4.69, 9.17) is 11.6 Å². The molecule has 0 aliphatic carbocycles. The highest BCUT2D eigenvalue weighted by molar-refractivity contribution is 9.09. The molecule has 0 radical (unpaired) electrons. The first-order valence-electron chi connectivity index (χ1n) is 4.60. The van der Waals surface area contributed by atoms with Crippen LogP contribution in [0.5, 0.6) is 0 Å². The molecule has 0 saturated carbocycles. The van der Waals surface area contributed by atoms with E-state index in [0.29, 0.717) is 5.69 Å². The maximum atomic E-state index is 13.7. The summed E-state index contributed by atoms with van der Waals surface area (Å²) in [6.45, 7) is 1.92. The molecule has 0 fully saturated rings. The van der Waals surface area contributed by atoms with Crippen molar-refractivity contribution in [1.82, 2.24) is 15.0 Å². The van der Waals surface area contributed by atoms with Crippen LogP contribution in [0.3, 0.4) is 0 Å². The summed E-state index contributed by atoms with van der Waals surface area (Å²) < 4.78 is 15.0. The topological polar surface area (TPSA) is 30.7 Å². The number of halogens is 3. The van der Waals surface area contributed by atoms with Gasteiger partial charge in [0.05, 0.1) is 21.7 Å². The van der Waals surface area contributed by atoms with E-state index in [1.54, 1.807) is 18.3 Å². The highest BCUT2D eigenvalue weighted by atomic mass is 79.9. The fourth-order valence-corrected chi connectivity index (χ4v) is 1.63. The van der Waals surface area contributed by atoms with Crippen molar-refractivity contribution in [2.75, 3.05) is 0 Å². The van der Waals surface area contributed by atoms with Gasteiger partial charge in [-0.2, -0.15) is 0 Å². The Morgan fingerprint density at radius 3 is 2.88 bits per heavy atom. The number of benzene rings is 1. The largest absolute Gasteiger partial charge is 0.217 e. The van der Waals surface area contributed by atoms with Crippen LogP contribution in [0.1, 0.15) is 17.4 Å². The van der Waals surface area contributed by atoms with Gasteiger partial charge in [-0.1, -0.05) is 38.8 Å². The first-order chi connectivity index (χ1) is 7.59. The molecule has 84 valence electrons. The summed E-state index contributed by atoms with van der Waals surface area (Å²) in [6, 6.07) is 4.75. The summed E-state index contributed by atoms with van der Waals surface area (Å²) in [7, 11) is 0. The molecule has 0 saturated heterocycles. The van der Waals surface area contributed by atoms with E-state index in [9.17, 15) is 4.39 Å². The lowest BCUT2D eigenvalue weighted by Gasteiger charge is -2.02. The van der Waals surface area contributed by atoms with Crippen LogP contribution < -0.4 is 0 Å². The van der Waals surface area contributed by atoms with Gasteiger partial charge in [0, 0.05) is 0 Å². The van der Waals surface area contributed by atoms with Crippen molar-refractivity contribution < 1.29 is 4.39 Å². The molecule has 0 aliphatic heterocycles. The van der Waals surface area contributed by atoms with E-state index in [1.165, 1.54) is 10.7 Å². The van der Waals surface area contributed by atoms with Gasteiger partial charge in [-0.3, -0.25) is 0 Å². The quantitative estimate of drug-likeness (QED) is 0.795. The monoisotopic (exact) mass is 303 g/mol. The maximum Gasteiger partial charge on any atom is 0.167 e. The Labute approximate surface area is 105 Å². The van der Waals surface area contributed by atoms with Gasteiger partial charge in [-0.05, 0) is 19.1 Å². The summed E-state index contributed by atoms with van der Waals surface area (Å²) in [5.74, 6) is -0.497. The van der Waals surface area contributed by atoms with Gasteiger partial charge >= 0.3 is 0 Å². The third-order valence-electron chi connectivity index (χ3n) is 2.10. The molecule has 0 aliphatic rings. The minimum atomic E-state index is -0.497. The molecule has 3 nitrogen and oxygen atoms in total. The molecule has 2 aromatic rings. The molecule has 6 heteroatoms. The standard InChI is InChI=1S/C10H8BrClFN3/c1-6(11)8-5-16(15-14-8)9-4-2-3-7(12)10(9)13/h2-6H,1H3. The average Bonchev–Trinajstić information content (AvgIpc) is 2.71. The Bertz CT molecular complexity index is 513. The molecule has 0 N–H and O–H groups in total. The van der Waals surface area contributed by atoms with Crippen LogP contribution in [0.2, 0.25) is 5.02 Å². The number of alkyl halides is 1. The highest BCUT2D eigenvalue weighted by Crippen LogP contribution is 2.23. The Morgan fingerprint density at radius 2 is 2.25 bits per heavy atom. The van der Waals surface area contributed by atoms with Gasteiger partial charge in [-0.15, -0.1) is 5.10 Å². The third-order valence-corrected chi connectivity index (χ3v) is 2.86. The lowest BCUT2D eigenvalue weighted by molar-refractivity contribution is 0.607. The van der Waals surface area contributed by atoms with Crippen molar-refractivity contribution in [3.63, 3.8) is 0 Å². The molecule has 16 heavy (non-hydrogen) atoms. The molecule has 1 heterocycles. The zero-order valence-electron chi connectivity index (χ0n) is 8.36. The molecule has 0 bridgehead atoms. The molecule has 1 unspecified atom stereocenters. The molecule has 1 atom stereocenters. The smallest absolute Gasteiger partial charge is 0.167 e. The lowest BCUT2D eigenvalue weighted by Crippen LogP contribution is -1.98. The Balaban J connectivity index is 2.47. The summed E-state index contributed by atoms with van der Waals surface area (Å²) >= 11 is 9.05. The van der Waals surface area contributed by atoms with Gasteiger partial charge in [0.25, 0.3) is 0 Å². The maximum absolute atomic E-state index is 13.7. The Morgan fingerprint density at radius 1 is 1.50 bits per heavy atom. The Kier molecular flexibility index (Phi) is 3.25. The summed E-state index contributed by atoms with van der Waals surface area (Å²) in [4.78, 5) is 0.0727. The minimum absolute atomic E-state index is 0.0708. The molecule has 2 rings (SSSR count). The normalized spacial score (nSPS) is 12.8. The zero-order chi connectivity index (χ0) is 11.7. The predicted molar refractivity (Wildman–Crippen MR) is 63.7 cm³/mol. The second kappa shape index (κ2) is 4.51. The second-order valence-corrected chi connectivity index (χ2v) is 5.06. The number of rotatable bonds is 2. The summed E-state index contributed by atoms with van der Waals surface area (Å²) in [6.07, 6.45) is 1.66. The van der Waals surface area contributed by atoms with Crippen LogP contribution in [-0.4, -0.2) is 15.0 Å². The minimum Gasteiger partial charge on any atom is -0.217 e. The van der Waals surface area contributed by atoms with E-state index in [0.717, 1.165) is 5.69 Å². The van der Waals surface area contributed by atoms with E-state index < -0.39 is 5.82 Å². The van der Waals surface area contributed by atoms with Crippen molar-refractivity contribution in [3.8, 4) is 5.69 Å². The van der Waals surface area contributed by atoms with Crippen molar-refractivity contribution >= 4 is 27.5 Å². The predicted octanol–water partition coefficient (Wildman–Crippen LogP) is 3.52. The summed E-state index contributed by atoms with van der Waals surface area (Å²) in [5, 5.41) is 7.84. The second-order valence-electron chi connectivity index (χ2n) is 3.28. The molecule has 0 spiro atoms. The van der Waals surface area contributed by atoms with Gasteiger partial charge in [-0.25, -0.2) is 9.07 Å². The van der Waals surface area contributed by atoms with Crippen LogP contribution in [-0.2, 0) is 0 Å². The first-order valence-corrected chi connectivity index (χ1v) is 5.89. The number of aromatic nitrogens is 3. The fraction of sp³-hybridized carbons (Fsp3) is 0.200. The van der Waals surface area contributed by atoms with Gasteiger partial charge < -0.3 is 0 Å². The third kappa shape index (κ3) is 2.10. The SMILES string of the molecule is CC(Br)c1cn(-c2cccc(Cl)c2F)nn1. The van der Waals surface area contributed by atoms with Crippen LogP contribution >= 0.6 is 27.5 Å². The lowest BCUT2D eigenvalue weighted by atomic mass is 10.3. The molecular formula is C10H8BrClFN3. The van der Waals surface area contributed by atoms with Crippen LogP contribution in [0.25, 0.3) is 5.69 Å². The molecule has 1 aromatic carbocycles. The van der Waals surface area contributed by atoms with Gasteiger partial charge in [0.2, 0.25) is 0 Å². The fourth-order valence-electron chi connectivity index (χ4n) is 1.25. The summed E-state index contributed by atoms with van der Waals surface area (Å²) in [5.41, 5.74) is 1.03. The van der Waals surface area contributed by atoms with E-state index >= 15 is 0 Å². The Hall–Kier alpha value is -0.940. The average molecular weight is 305 g/mol. The van der Waals surface area contributed by atoms with E-state index in [1.807, 2.05) is 6.92 Å². The van der Waals surface area contributed by atoms with Crippen molar-refractivity contribution in [2.24, 2.45) is 0 Å². The highest BCUT2D eigenvalue weighted by Gasteiger charge is 2.12. The van der Waals surface area contributed by atoms with Crippen molar-refractivity contribution in [3.05, 3.63) is 40.9 Å².